The van der Waals surface area contributed by atoms with Gasteiger partial charge in [0.2, 0.25) is 5.91 Å². The summed E-state index contributed by atoms with van der Waals surface area (Å²) in [6.45, 7) is 5.03. The van der Waals surface area contributed by atoms with Gasteiger partial charge in [-0.1, -0.05) is 6.92 Å². The second-order valence-electron chi connectivity index (χ2n) is 4.03. The number of carboxylic acids is 1. The molecule has 0 spiro atoms. The molecule has 0 bridgehead atoms. The number of carboxylic acid groups (broad SMARTS) is 1. The Balaban J connectivity index is 2.69. The van der Waals surface area contributed by atoms with Crippen LogP contribution in [0.1, 0.15) is 20.3 Å². The fraction of sp³-hybridized carbons (Fsp3) is 0.800. The summed E-state index contributed by atoms with van der Waals surface area (Å²) in [5.41, 5.74) is 0. The van der Waals surface area contributed by atoms with Gasteiger partial charge >= 0.3 is 5.97 Å². The smallest absolute Gasteiger partial charge is 0.309 e. The molecule has 0 aliphatic carbocycles. The maximum atomic E-state index is 11.3. The number of nitrogens with zero attached hydrogens (tertiary/aromatic N) is 1. The lowest BCUT2D eigenvalue weighted by Crippen LogP contribution is -2.40. The SMILES string of the molecule is CCC(C)N1CC(=O)NCC(C(=O)O)C1. The van der Waals surface area contributed by atoms with Crippen LogP contribution in [0.4, 0.5) is 0 Å². The summed E-state index contributed by atoms with van der Waals surface area (Å²) in [6, 6.07) is 0.246. The van der Waals surface area contributed by atoms with E-state index < -0.39 is 11.9 Å². The molecule has 0 radical (unpaired) electrons. The molecule has 15 heavy (non-hydrogen) atoms. The lowest BCUT2D eigenvalue weighted by atomic mass is 10.1. The van der Waals surface area contributed by atoms with Gasteiger partial charge in [0.15, 0.2) is 0 Å². The Morgan fingerprint density at radius 3 is 2.93 bits per heavy atom. The molecule has 1 rings (SSSR count). The molecule has 1 amide bonds. The minimum absolute atomic E-state index is 0.0842. The van der Waals surface area contributed by atoms with Crippen LogP contribution < -0.4 is 5.32 Å². The van der Waals surface area contributed by atoms with Crippen LogP contribution in [-0.4, -0.2) is 47.6 Å². The number of aliphatic carboxylic acids is 1. The molecule has 1 aliphatic heterocycles. The van der Waals surface area contributed by atoms with E-state index in [4.69, 9.17) is 5.11 Å². The molecule has 1 fully saturated rings. The molecular weight excluding hydrogens is 196 g/mol. The van der Waals surface area contributed by atoms with Crippen LogP contribution in [-0.2, 0) is 9.59 Å². The van der Waals surface area contributed by atoms with Gasteiger partial charge in [0.1, 0.15) is 0 Å². The summed E-state index contributed by atoms with van der Waals surface area (Å²) in [4.78, 5) is 24.2. The van der Waals surface area contributed by atoms with Crippen LogP contribution in [0.25, 0.3) is 0 Å². The van der Waals surface area contributed by atoms with Gasteiger partial charge in [-0.25, -0.2) is 0 Å². The van der Waals surface area contributed by atoms with Crippen molar-refractivity contribution < 1.29 is 14.7 Å². The van der Waals surface area contributed by atoms with Crippen LogP contribution in [0.5, 0.6) is 0 Å². The van der Waals surface area contributed by atoms with Crippen molar-refractivity contribution in [3.8, 4) is 0 Å². The maximum absolute atomic E-state index is 11.3. The number of carbonyl (C=O) groups excluding carboxylic acids is 1. The molecule has 2 atom stereocenters. The van der Waals surface area contributed by atoms with Crippen LogP contribution in [0.15, 0.2) is 0 Å². The van der Waals surface area contributed by atoms with Crippen molar-refractivity contribution in [2.75, 3.05) is 19.6 Å². The molecule has 5 heteroatoms. The van der Waals surface area contributed by atoms with Gasteiger partial charge in [-0.15, -0.1) is 0 Å². The Morgan fingerprint density at radius 2 is 2.40 bits per heavy atom. The standard InChI is InChI=1S/C10H18N2O3/c1-3-7(2)12-5-8(10(14)15)4-11-9(13)6-12/h7-8H,3-6H2,1-2H3,(H,11,13)(H,14,15). The Hall–Kier alpha value is -1.10. The summed E-state index contributed by atoms with van der Waals surface area (Å²) >= 11 is 0. The number of hydrogen-bond donors (Lipinski definition) is 2. The van der Waals surface area contributed by atoms with E-state index in [0.717, 1.165) is 6.42 Å². The Morgan fingerprint density at radius 1 is 1.73 bits per heavy atom. The van der Waals surface area contributed by atoms with E-state index in [2.05, 4.69) is 5.32 Å². The van der Waals surface area contributed by atoms with Crippen molar-refractivity contribution in [3.63, 3.8) is 0 Å². The fourth-order valence-corrected chi connectivity index (χ4v) is 1.65. The molecule has 2 unspecified atom stereocenters. The van der Waals surface area contributed by atoms with Crippen molar-refractivity contribution in [1.29, 1.82) is 0 Å². The maximum Gasteiger partial charge on any atom is 0.309 e. The van der Waals surface area contributed by atoms with Crippen LogP contribution >= 0.6 is 0 Å². The molecule has 2 N–H and O–H groups in total. The molecule has 0 aromatic rings. The lowest BCUT2D eigenvalue weighted by Gasteiger charge is -2.26. The zero-order chi connectivity index (χ0) is 11.4. The van der Waals surface area contributed by atoms with Crippen LogP contribution in [0.2, 0.25) is 0 Å². The van der Waals surface area contributed by atoms with E-state index in [0.29, 0.717) is 13.1 Å². The number of nitrogens with one attached hydrogen (secondary N) is 1. The first-order valence-electron chi connectivity index (χ1n) is 5.28. The van der Waals surface area contributed by atoms with Gasteiger partial charge < -0.3 is 10.4 Å². The summed E-state index contributed by atoms with van der Waals surface area (Å²) in [7, 11) is 0. The summed E-state index contributed by atoms with van der Waals surface area (Å²) < 4.78 is 0. The minimum atomic E-state index is -0.842. The number of hydrogen-bond acceptors (Lipinski definition) is 3. The van der Waals surface area contributed by atoms with E-state index in [9.17, 15) is 9.59 Å². The van der Waals surface area contributed by atoms with Gasteiger partial charge in [0.25, 0.3) is 0 Å². The van der Waals surface area contributed by atoms with Crippen molar-refractivity contribution >= 4 is 11.9 Å². The first kappa shape index (κ1) is 12.0. The quantitative estimate of drug-likeness (QED) is 0.689. The van der Waals surface area contributed by atoms with Crippen molar-refractivity contribution in [1.82, 2.24) is 10.2 Å². The lowest BCUT2D eigenvalue weighted by molar-refractivity contribution is -0.142. The third-order valence-electron chi connectivity index (χ3n) is 2.91. The van der Waals surface area contributed by atoms with E-state index >= 15 is 0 Å². The van der Waals surface area contributed by atoms with Crippen LogP contribution in [0.3, 0.4) is 0 Å². The van der Waals surface area contributed by atoms with E-state index in [1.54, 1.807) is 0 Å². The van der Waals surface area contributed by atoms with Gasteiger partial charge in [0, 0.05) is 19.1 Å². The zero-order valence-electron chi connectivity index (χ0n) is 9.19. The third kappa shape index (κ3) is 3.20. The van der Waals surface area contributed by atoms with Crippen molar-refractivity contribution in [2.45, 2.75) is 26.3 Å². The molecule has 0 saturated carbocycles. The largest absolute Gasteiger partial charge is 0.481 e. The summed E-state index contributed by atoms with van der Waals surface area (Å²) in [5.74, 6) is -1.42. The second-order valence-corrected chi connectivity index (χ2v) is 4.03. The van der Waals surface area contributed by atoms with E-state index in [1.807, 2.05) is 18.7 Å². The van der Waals surface area contributed by atoms with Crippen LogP contribution in [0, 0.1) is 5.92 Å². The average molecular weight is 214 g/mol. The summed E-state index contributed by atoms with van der Waals surface area (Å²) in [6.07, 6.45) is 0.916. The average Bonchev–Trinajstić information content (AvgIpc) is 2.39. The van der Waals surface area contributed by atoms with Gasteiger partial charge in [-0.05, 0) is 13.3 Å². The minimum Gasteiger partial charge on any atom is -0.481 e. The molecule has 0 aromatic heterocycles. The Bertz CT molecular complexity index is 255. The molecule has 0 aromatic carbocycles. The Labute approximate surface area is 89.4 Å². The zero-order valence-corrected chi connectivity index (χ0v) is 9.19. The van der Waals surface area contributed by atoms with Gasteiger partial charge in [0.05, 0.1) is 12.5 Å². The highest BCUT2D eigenvalue weighted by Gasteiger charge is 2.28. The number of amides is 1. The van der Waals surface area contributed by atoms with Crippen molar-refractivity contribution in [2.24, 2.45) is 5.92 Å². The molecular formula is C10H18N2O3. The van der Waals surface area contributed by atoms with Gasteiger partial charge in [-0.3, -0.25) is 14.5 Å². The first-order chi connectivity index (χ1) is 7.04. The highest BCUT2D eigenvalue weighted by Crippen LogP contribution is 2.10. The molecule has 5 nitrogen and oxygen atoms in total. The third-order valence-corrected chi connectivity index (χ3v) is 2.91. The highest BCUT2D eigenvalue weighted by atomic mass is 16.4. The summed E-state index contributed by atoms with van der Waals surface area (Å²) in [5, 5.41) is 11.6. The van der Waals surface area contributed by atoms with Gasteiger partial charge in [-0.2, -0.15) is 0 Å². The highest BCUT2D eigenvalue weighted by molar-refractivity contribution is 5.80. The predicted molar refractivity (Wildman–Crippen MR) is 55.5 cm³/mol. The van der Waals surface area contributed by atoms with E-state index in [1.165, 1.54) is 0 Å². The fourth-order valence-electron chi connectivity index (χ4n) is 1.65. The molecule has 1 heterocycles. The molecule has 86 valence electrons. The second kappa shape index (κ2) is 5.11. The monoisotopic (exact) mass is 214 g/mol. The molecule has 1 aliphatic rings. The number of rotatable bonds is 3. The van der Waals surface area contributed by atoms with Crippen molar-refractivity contribution in [3.05, 3.63) is 0 Å². The predicted octanol–water partition coefficient (Wildman–Crippen LogP) is -0.0825. The Kier molecular flexibility index (Phi) is 4.08. The number of carbonyl (C=O) groups is 2. The molecule has 1 saturated heterocycles. The first-order valence-corrected chi connectivity index (χ1v) is 5.28. The topological polar surface area (TPSA) is 69.6 Å². The normalized spacial score (nSPS) is 25.5. The van der Waals surface area contributed by atoms with E-state index in [-0.39, 0.29) is 18.5 Å².